The van der Waals surface area contributed by atoms with Crippen molar-refractivity contribution in [1.29, 1.82) is 0 Å². The maximum Gasteiger partial charge on any atom is 0.248 e. The fourth-order valence-electron chi connectivity index (χ4n) is 2.85. The second-order valence-electron chi connectivity index (χ2n) is 6.08. The predicted octanol–water partition coefficient (Wildman–Crippen LogP) is 1.70. The van der Waals surface area contributed by atoms with E-state index in [1.807, 2.05) is 23.1 Å². The van der Waals surface area contributed by atoms with Gasteiger partial charge in [0.1, 0.15) is 6.61 Å². The highest BCUT2D eigenvalue weighted by molar-refractivity contribution is 5.78. The monoisotopic (exact) mass is 290 g/mol. The Balaban J connectivity index is 2.08. The van der Waals surface area contributed by atoms with E-state index in [0.717, 1.165) is 19.5 Å². The lowest BCUT2D eigenvalue weighted by Gasteiger charge is -2.42. The molecule has 1 aliphatic rings. The van der Waals surface area contributed by atoms with Crippen LogP contribution in [0, 0.1) is 5.92 Å². The number of benzene rings is 1. The molecule has 0 aliphatic carbocycles. The van der Waals surface area contributed by atoms with Crippen LogP contribution in [0.5, 0.6) is 0 Å². The van der Waals surface area contributed by atoms with Crippen molar-refractivity contribution in [1.82, 2.24) is 10.2 Å². The molecule has 1 N–H and O–H groups in total. The quantitative estimate of drug-likeness (QED) is 0.897. The number of amides is 1. The maximum absolute atomic E-state index is 12.3. The van der Waals surface area contributed by atoms with Crippen molar-refractivity contribution in [2.45, 2.75) is 32.4 Å². The summed E-state index contributed by atoms with van der Waals surface area (Å²) in [4.78, 5) is 14.3. The van der Waals surface area contributed by atoms with Crippen molar-refractivity contribution in [3.05, 3.63) is 35.9 Å². The number of carbonyl (C=O) groups excluding carboxylic acids is 1. The lowest BCUT2D eigenvalue weighted by atomic mass is 9.96. The van der Waals surface area contributed by atoms with E-state index in [1.54, 1.807) is 7.11 Å². The number of nitrogens with zero attached hydrogens (tertiary/aromatic N) is 1. The van der Waals surface area contributed by atoms with Gasteiger partial charge in [-0.15, -0.1) is 0 Å². The van der Waals surface area contributed by atoms with Crippen LogP contribution in [0.1, 0.15) is 19.4 Å². The first-order valence-corrected chi connectivity index (χ1v) is 7.67. The van der Waals surface area contributed by atoms with Crippen molar-refractivity contribution in [3.8, 4) is 0 Å². The number of carbonyl (C=O) groups is 1. The first kappa shape index (κ1) is 16.0. The zero-order chi connectivity index (χ0) is 15.2. The number of rotatable bonds is 5. The molecule has 0 radical (unpaired) electrons. The number of ether oxygens (including phenoxy) is 1. The highest BCUT2D eigenvalue weighted by Crippen LogP contribution is 2.17. The first-order valence-electron chi connectivity index (χ1n) is 7.67. The molecule has 4 heteroatoms. The molecule has 4 nitrogen and oxygen atoms in total. The SMILES string of the molecule is COCC(=O)N1CC(C(C)C)NCC1Cc1ccccc1. The molecule has 116 valence electrons. The van der Waals surface area contributed by atoms with Gasteiger partial charge in [0, 0.05) is 32.3 Å². The van der Waals surface area contributed by atoms with Crippen LogP contribution in [0.2, 0.25) is 0 Å². The molecular weight excluding hydrogens is 264 g/mol. The minimum Gasteiger partial charge on any atom is -0.375 e. The van der Waals surface area contributed by atoms with Gasteiger partial charge in [0.25, 0.3) is 0 Å². The molecule has 2 unspecified atom stereocenters. The topological polar surface area (TPSA) is 41.6 Å². The van der Waals surface area contributed by atoms with Gasteiger partial charge in [-0.25, -0.2) is 0 Å². The van der Waals surface area contributed by atoms with Crippen LogP contribution < -0.4 is 5.32 Å². The summed E-state index contributed by atoms with van der Waals surface area (Å²) in [5.74, 6) is 0.603. The number of hydrogen-bond acceptors (Lipinski definition) is 3. The predicted molar refractivity (Wildman–Crippen MR) is 84.2 cm³/mol. The van der Waals surface area contributed by atoms with E-state index in [2.05, 4.69) is 31.3 Å². The molecule has 1 aromatic rings. The van der Waals surface area contributed by atoms with Crippen molar-refractivity contribution < 1.29 is 9.53 Å². The third-order valence-corrected chi connectivity index (χ3v) is 4.16. The van der Waals surface area contributed by atoms with E-state index in [0.29, 0.717) is 12.0 Å². The highest BCUT2D eigenvalue weighted by Gasteiger charge is 2.32. The Labute approximate surface area is 127 Å². The third kappa shape index (κ3) is 4.29. The van der Waals surface area contributed by atoms with Crippen molar-refractivity contribution in [2.75, 3.05) is 26.8 Å². The summed E-state index contributed by atoms with van der Waals surface area (Å²) in [5.41, 5.74) is 1.27. The molecule has 1 amide bonds. The van der Waals surface area contributed by atoms with E-state index in [9.17, 15) is 4.79 Å². The Morgan fingerprint density at radius 3 is 2.71 bits per heavy atom. The van der Waals surface area contributed by atoms with Crippen LogP contribution in [0.3, 0.4) is 0 Å². The van der Waals surface area contributed by atoms with Crippen LogP contribution >= 0.6 is 0 Å². The second-order valence-corrected chi connectivity index (χ2v) is 6.08. The zero-order valence-corrected chi connectivity index (χ0v) is 13.2. The van der Waals surface area contributed by atoms with Crippen molar-refractivity contribution in [2.24, 2.45) is 5.92 Å². The molecule has 1 fully saturated rings. The molecule has 0 saturated carbocycles. The number of methoxy groups -OCH3 is 1. The smallest absolute Gasteiger partial charge is 0.248 e. The van der Waals surface area contributed by atoms with E-state index in [4.69, 9.17) is 4.74 Å². The Kier molecular flexibility index (Phi) is 5.76. The van der Waals surface area contributed by atoms with Gasteiger partial charge < -0.3 is 15.0 Å². The van der Waals surface area contributed by atoms with Gasteiger partial charge in [0.05, 0.1) is 0 Å². The summed E-state index contributed by atoms with van der Waals surface area (Å²) in [5, 5.41) is 3.58. The summed E-state index contributed by atoms with van der Waals surface area (Å²) in [7, 11) is 1.58. The lowest BCUT2D eigenvalue weighted by Crippen LogP contribution is -2.60. The van der Waals surface area contributed by atoms with Gasteiger partial charge >= 0.3 is 0 Å². The number of hydrogen-bond donors (Lipinski definition) is 1. The van der Waals surface area contributed by atoms with Crippen LogP contribution in [0.4, 0.5) is 0 Å². The van der Waals surface area contributed by atoms with Crippen LogP contribution in [0.25, 0.3) is 0 Å². The summed E-state index contributed by atoms with van der Waals surface area (Å²) >= 11 is 0. The fourth-order valence-corrected chi connectivity index (χ4v) is 2.85. The maximum atomic E-state index is 12.3. The van der Waals surface area contributed by atoms with Crippen LogP contribution in [-0.4, -0.2) is 49.7 Å². The van der Waals surface area contributed by atoms with Crippen LogP contribution in [0.15, 0.2) is 30.3 Å². The van der Waals surface area contributed by atoms with Crippen molar-refractivity contribution >= 4 is 5.91 Å². The molecule has 1 heterocycles. The van der Waals surface area contributed by atoms with Gasteiger partial charge in [0.15, 0.2) is 0 Å². The highest BCUT2D eigenvalue weighted by atomic mass is 16.5. The summed E-state index contributed by atoms with van der Waals surface area (Å²) in [6, 6.07) is 10.9. The summed E-state index contributed by atoms with van der Waals surface area (Å²) in [6.45, 7) is 6.14. The Morgan fingerprint density at radius 1 is 1.38 bits per heavy atom. The van der Waals surface area contributed by atoms with Gasteiger partial charge in [-0.3, -0.25) is 4.79 Å². The first-order chi connectivity index (χ1) is 10.1. The van der Waals surface area contributed by atoms with Gasteiger partial charge in [-0.1, -0.05) is 44.2 Å². The number of nitrogens with one attached hydrogen (secondary N) is 1. The Morgan fingerprint density at radius 2 is 2.10 bits per heavy atom. The van der Waals surface area contributed by atoms with E-state index in [-0.39, 0.29) is 18.6 Å². The largest absolute Gasteiger partial charge is 0.375 e. The van der Waals surface area contributed by atoms with E-state index in [1.165, 1.54) is 5.56 Å². The molecule has 1 saturated heterocycles. The summed E-state index contributed by atoms with van der Waals surface area (Å²) in [6.07, 6.45) is 0.883. The minimum atomic E-state index is 0.0885. The van der Waals surface area contributed by atoms with E-state index < -0.39 is 0 Å². The molecule has 2 atom stereocenters. The Bertz CT molecular complexity index is 447. The van der Waals surface area contributed by atoms with Crippen LogP contribution in [-0.2, 0) is 16.0 Å². The third-order valence-electron chi connectivity index (χ3n) is 4.16. The molecule has 21 heavy (non-hydrogen) atoms. The van der Waals surface area contributed by atoms with E-state index >= 15 is 0 Å². The molecule has 1 aliphatic heterocycles. The van der Waals surface area contributed by atoms with Gasteiger partial charge in [-0.2, -0.15) is 0 Å². The fraction of sp³-hybridized carbons (Fsp3) is 0.588. The number of piperazine rings is 1. The van der Waals surface area contributed by atoms with Crippen molar-refractivity contribution in [3.63, 3.8) is 0 Å². The lowest BCUT2D eigenvalue weighted by molar-refractivity contribution is -0.139. The standard InChI is InChI=1S/C17H26N2O2/c1-13(2)16-11-19(17(20)12-21-3)15(10-18-16)9-14-7-5-4-6-8-14/h4-8,13,15-16,18H,9-12H2,1-3H3. The molecule has 2 rings (SSSR count). The normalized spacial score (nSPS) is 22.6. The Hall–Kier alpha value is -1.39. The molecular formula is C17H26N2O2. The van der Waals surface area contributed by atoms with Gasteiger partial charge in [-0.05, 0) is 17.9 Å². The van der Waals surface area contributed by atoms with Gasteiger partial charge in [0.2, 0.25) is 5.91 Å². The average Bonchev–Trinajstić information content (AvgIpc) is 2.48. The molecule has 0 aromatic heterocycles. The second kappa shape index (κ2) is 7.57. The average molecular weight is 290 g/mol. The molecule has 0 bridgehead atoms. The minimum absolute atomic E-state index is 0.0885. The molecule has 0 spiro atoms. The summed E-state index contributed by atoms with van der Waals surface area (Å²) < 4.78 is 5.04. The zero-order valence-electron chi connectivity index (χ0n) is 13.2. The molecule has 1 aromatic carbocycles.